The average Bonchev–Trinajstić information content (AvgIpc) is 2.89. The molecule has 3 nitrogen and oxygen atoms in total. The lowest BCUT2D eigenvalue weighted by Gasteiger charge is -2.30. The standard InChI is InChI=1S/C33H58O3/c1-2-3-4-5-6-7-8-9-10-11-12-14-17-23-28-33(32(35)36,31-26-21-20-22-27-31)29-24-18-15-13-16-19-25-30-34/h20-22,26-27,34H,2-19,23-25,28-30H2,1H3,(H,35,36). The smallest absolute Gasteiger partial charge is 0.314 e. The van der Waals surface area contributed by atoms with Gasteiger partial charge in [0, 0.05) is 6.61 Å². The first-order chi connectivity index (χ1) is 17.7. The molecule has 2 N–H and O–H groups in total. The van der Waals surface area contributed by atoms with Crippen LogP contribution in [0.25, 0.3) is 0 Å². The van der Waals surface area contributed by atoms with Gasteiger partial charge in [-0.1, -0.05) is 166 Å². The molecule has 0 saturated carbocycles. The number of carboxylic acids is 1. The molecule has 1 aromatic rings. The number of carboxylic acid groups (broad SMARTS) is 1. The summed E-state index contributed by atoms with van der Waals surface area (Å²) in [5.74, 6) is -0.647. The van der Waals surface area contributed by atoms with Crippen LogP contribution in [0.5, 0.6) is 0 Å². The Bertz CT molecular complexity index is 615. The van der Waals surface area contributed by atoms with E-state index in [0.29, 0.717) is 0 Å². The number of hydrogen-bond acceptors (Lipinski definition) is 2. The minimum atomic E-state index is -0.741. The van der Waals surface area contributed by atoms with E-state index >= 15 is 0 Å². The number of aliphatic hydroxyl groups is 1. The highest BCUT2D eigenvalue weighted by Crippen LogP contribution is 2.36. The van der Waals surface area contributed by atoms with E-state index in [2.05, 4.69) is 6.92 Å². The van der Waals surface area contributed by atoms with Crippen molar-refractivity contribution in [3.63, 3.8) is 0 Å². The van der Waals surface area contributed by atoms with Crippen molar-refractivity contribution in [2.45, 2.75) is 160 Å². The lowest BCUT2D eigenvalue weighted by Crippen LogP contribution is -2.36. The number of aliphatic hydroxyl groups excluding tert-OH is 1. The molecule has 0 aliphatic heterocycles. The highest BCUT2D eigenvalue weighted by atomic mass is 16.4. The molecular weight excluding hydrogens is 444 g/mol. The van der Waals surface area contributed by atoms with Crippen LogP contribution >= 0.6 is 0 Å². The second kappa shape index (κ2) is 22.8. The minimum Gasteiger partial charge on any atom is -0.481 e. The van der Waals surface area contributed by atoms with Crippen molar-refractivity contribution in [3.05, 3.63) is 35.9 Å². The Balaban J connectivity index is 2.30. The molecule has 1 aromatic carbocycles. The molecule has 0 aliphatic rings. The van der Waals surface area contributed by atoms with Gasteiger partial charge in [-0.25, -0.2) is 0 Å². The fourth-order valence-corrected chi connectivity index (χ4v) is 5.55. The van der Waals surface area contributed by atoms with Gasteiger partial charge in [0.2, 0.25) is 0 Å². The Morgan fingerprint density at radius 2 is 0.944 bits per heavy atom. The third-order valence-electron chi connectivity index (χ3n) is 7.95. The van der Waals surface area contributed by atoms with Gasteiger partial charge in [0.05, 0.1) is 5.41 Å². The molecule has 0 fully saturated rings. The minimum absolute atomic E-state index is 0.289. The zero-order valence-corrected chi connectivity index (χ0v) is 23.7. The molecule has 1 rings (SSSR count). The monoisotopic (exact) mass is 502 g/mol. The Kier molecular flexibility index (Phi) is 20.7. The maximum absolute atomic E-state index is 12.6. The highest BCUT2D eigenvalue weighted by molar-refractivity contribution is 5.81. The fraction of sp³-hybridized carbons (Fsp3) is 0.788. The van der Waals surface area contributed by atoms with Gasteiger partial charge in [-0.2, -0.15) is 0 Å². The van der Waals surface area contributed by atoms with Crippen molar-refractivity contribution in [1.82, 2.24) is 0 Å². The first-order valence-corrected chi connectivity index (χ1v) is 15.6. The van der Waals surface area contributed by atoms with Gasteiger partial charge in [-0.15, -0.1) is 0 Å². The molecule has 1 atom stereocenters. The maximum atomic E-state index is 12.6. The Morgan fingerprint density at radius 3 is 1.31 bits per heavy atom. The van der Waals surface area contributed by atoms with Gasteiger partial charge in [0.1, 0.15) is 0 Å². The largest absolute Gasteiger partial charge is 0.481 e. The summed E-state index contributed by atoms with van der Waals surface area (Å²) >= 11 is 0. The van der Waals surface area contributed by atoms with E-state index < -0.39 is 11.4 Å². The molecule has 0 radical (unpaired) electrons. The second-order valence-corrected chi connectivity index (χ2v) is 11.0. The summed E-state index contributed by atoms with van der Waals surface area (Å²) in [6, 6.07) is 9.99. The third-order valence-corrected chi connectivity index (χ3v) is 7.95. The van der Waals surface area contributed by atoms with E-state index in [1.807, 2.05) is 30.3 Å². The molecule has 3 heteroatoms. The fourth-order valence-electron chi connectivity index (χ4n) is 5.55. The summed E-state index contributed by atoms with van der Waals surface area (Å²) in [7, 11) is 0. The van der Waals surface area contributed by atoms with Crippen molar-refractivity contribution in [1.29, 1.82) is 0 Å². The van der Waals surface area contributed by atoms with Crippen LogP contribution in [0.15, 0.2) is 30.3 Å². The lowest BCUT2D eigenvalue weighted by atomic mass is 9.72. The van der Waals surface area contributed by atoms with Crippen LogP contribution in [0, 0.1) is 0 Å². The van der Waals surface area contributed by atoms with Gasteiger partial charge in [0.15, 0.2) is 0 Å². The third kappa shape index (κ3) is 15.0. The first kappa shape index (κ1) is 32.7. The maximum Gasteiger partial charge on any atom is 0.314 e. The van der Waals surface area contributed by atoms with Crippen molar-refractivity contribution in [2.75, 3.05) is 6.61 Å². The molecular formula is C33H58O3. The molecule has 0 heterocycles. The molecule has 0 saturated heterocycles. The average molecular weight is 503 g/mol. The van der Waals surface area contributed by atoms with Crippen molar-refractivity contribution >= 4 is 5.97 Å². The highest BCUT2D eigenvalue weighted by Gasteiger charge is 2.39. The first-order valence-electron chi connectivity index (χ1n) is 15.6. The normalized spacial score (nSPS) is 13.1. The number of carbonyl (C=O) groups is 1. The van der Waals surface area contributed by atoms with Crippen LogP contribution in [-0.2, 0) is 10.2 Å². The summed E-state index contributed by atoms with van der Waals surface area (Å²) in [6.45, 7) is 2.57. The molecule has 36 heavy (non-hydrogen) atoms. The van der Waals surface area contributed by atoms with Crippen LogP contribution < -0.4 is 0 Å². The van der Waals surface area contributed by atoms with Crippen molar-refractivity contribution in [3.8, 4) is 0 Å². The molecule has 0 bridgehead atoms. The van der Waals surface area contributed by atoms with Gasteiger partial charge < -0.3 is 10.2 Å². The molecule has 1 unspecified atom stereocenters. The predicted molar refractivity (Wildman–Crippen MR) is 155 cm³/mol. The van der Waals surface area contributed by atoms with Crippen molar-refractivity contribution in [2.24, 2.45) is 0 Å². The number of unbranched alkanes of at least 4 members (excludes halogenated alkanes) is 19. The van der Waals surface area contributed by atoms with Crippen molar-refractivity contribution < 1.29 is 15.0 Å². The number of benzene rings is 1. The number of hydrogen-bond donors (Lipinski definition) is 2. The van der Waals surface area contributed by atoms with E-state index in [-0.39, 0.29) is 6.61 Å². The number of rotatable bonds is 26. The van der Waals surface area contributed by atoms with Gasteiger partial charge >= 0.3 is 5.97 Å². The van der Waals surface area contributed by atoms with Crippen LogP contribution in [0.3, 0.4) is 0 Å². The van der Waals surface area contributed by atoms with E-state index in [9.17, 15) is 9.90 Å². The zero-order chi connectivity index (χ0) is 26.2. The quantitative estimate of drug-likeness (QED) is 0.124. The zero-order valence-electron chi connectivity index (χ0n) is 23.7. The topological polar surface area (TPSA) is 57.5 Å². The van der Waals surface area contributed by atoms with Gasteiger partial charge in [0.25, 0.3) is 0 Å². The molecule has 0 spiro atoms. The molecule has 0 amide bonds. The van der Waals surface area contributed by atoms with E-state index in [1.54, 1.807) is 0 Å². The van der Waals surface area contributed by atoms with E-state index in [4.69, 9.17) is 5.11 Å². The predicted octanol–water partition coefficient (Wildman–Crippen LogP) is 9.99. The summed E-state index contributed by atoms with van der Waals surface area (Å²) < 4.78 is 0. The summed E-state index contributed by atoms with van der Waals surface area (Å²) in [5, 5.41) is 19.3. The molecule has 0 aromatic heterocycles. The Hall–Kier alpha value is -1.35. The van der Waals surface area contributed by atoms with E-state index in [1.165, 1.54) is 89.9 Å². The summed E-state index contributed by atoms with van der Waals surface area (Å²) in [4.78, 5) is 12.6. The number of aliphatic carboxylic acids is 1. The van der Waals surface area contributed by atoms with Crippen LogP contribution in [0.1, 0.15) is 160 Å². The lowest BCUT2D eigenvalue weighted by molar-refractivity contribution is -0.144. The second-order valence-electron chi connectivity index (χ2n) is 11.0. The van der Waals surface area contributed by atoms with Gasteiger partial charge in [-0.05, 0) is 24.8 Å². The summed E-state index contributed by atoms with van der Waals surface area (Å²) in [6.07, 6.45) is 27.6. The van der Waals surface area contributed by atoms with Gasteiger partial charge in [-0.3, -0.25) is 4.79 Å². The summed E-state index contributed by atoms with van der Waals surface area (Å²) in [5.41, 5.74) is 0.241. The SMILES string of the molecule is CCCCCCCCCCCCCCCCC(CCCCCCCCCO)(C(=O)O)c1ccccc1. The van der Waals surface area contributed by atoms with Crippen LogP contribution in [-0.4, -0.2) is 22.8 Å². The molecule has 208 valence electrons. The Labute approximate surface area is 223 Å². The Morgan fingerprint density at radius 1 is 0.583 bits per heavy atom. The molecule has 0 aliphatic carbocycles. The van der Waals surface area contributed by atoms with Crippen LogP contribution in [0.4, 0.5) is 0 Å². The van der Waals surface area contributed by atoms with Crippen LogP contribution in [0.2, 0.25) is 0 Å². The van der Waals surface area contributed by atoms with E-state index in [0.717, 1.165) is 63.4 Å².